The highest BCUT2D eigenvalue weighted by Gasteiger charge is 2.35. The number of ether oxygens (including phenoxy) is 2. The Morgan fingerprint density at radius 2 is 1.68 bits per heavy atom. The molecule has 0 bridgehead atoms. The van der Waals surface area contributed by atoms with E-state index in [1.807, 2.05) is 24.3 Å². The molecule has 7 heteroatoms. The Kier molecular flexibility index (Phi) is 5.93. The molecule has 0 radical (unpaired) electrons. The third kappa shape index (κ3) is 4.47. The zero-order chi connectivity index (χ0) is 20.2. The molecule has 2 aromatic carbocycles. The van der Waals surface area contributed by atoms with Crippen molar-refractivity contribution >= 4 is 5.91 Å². The number of carbonyl (C=O) groups excluding carboxylic acids is 1. The number of nitrogens with one attached hydrogen (secondary N) is 1. The Hall–Kier alpha value is -2.54. The van der Waals surface area contributed by atoms with E-state index in [1.54, 1.807) is 7.11 Å². The fourth-order valence-electron chi connectivity index (χ4n) is 3.44. The molecule has 1 N–H and O–H groups in total. The van der Waals surface area contributed by atoms with Gasteiger partial charge < -0.3 is 14.8 Å². The summed E-state index contributed by atoms with van der Waals surface area (Å²) in [6.07, 6.45) is -2.94. The van der Waals surface area contributed by atoms with Crippen LogP contribution in [-0.2, 0) is 16.3 Å². The van der Waals surface area contributed by atoms with Gasteiger partial charge in [-0.3, -0.25) is 4.79 Å². The molecule has 0 atom stereocenters. The molecule has 2 aromatic rings. The maximum atomic E-state index is 12.7. The van der Waals surface area contributed by atoms with E-state index in [0.717, 1.165) is 36.3 Å². The maximum Gasteiger partial charge on any atom is 0.416 e. The van der Waals surface area contributed by atoms with Gasteiger partial charge in [-0.25, -0.2) is 0 Å². The second-order valence-electron chi connectivity index (χ2n) is 6.88. The summed E-state index contributed by atoms with van der Waals surface area (Å²) in [6.45, 7) is 1.55. The van der Waals surface area contributed by atoms with Crippen molar-refractivity contribution < 1.29 is 27.4 Å². The Bertz CT molecular complexity index is 795. The van der Waals surface area contributed by atoms with Crippen LogP contribution in [0.2, 0.25) is 0 Å². The fraction of sp³-hybridized carbons (Fsp3) is 0.381. The van der Waals surface area contributed by atoms with Gasteiger partial charge in [-0.15, -0.1) is 0 Å². The molecular weight excluding hydrogens is 371 g/mol. The van der Waals surface area contributed by atoms with Crippen molar-refractivity contribution in [3.05, 3.63) is 65.2 Å². The molecule has 0 spiro atoms. The van der Waals surface area contributed by atoms with Crippen LogP contribution in [0.5, 0.6) is 5.75 Å². The highest BCUT2D eigenvalue weighted by atomic mass is 19.4. The molecular formula is C21H22F3NO3. The average molecular weight is 393 g/mol. The molecule has 28 heavy (non-hydrogen) atoms. The largest absolute Gasteiger partial charge is 0.497 e. The highest BCUT2D eigenvalue weighted by Crippen LogP contribution is 2.35. The van der Waals surface area contributed by atoms with E-state index < -0.39 is 17.6 Å². The molecule has 0 aliphatic carbocycles. The maximum absolute atomic E-state index is 12.7. The molecule has 1 heterocycles. The molecule has 1 fully saturated rings. The first-order valence-corrected chi connectivity index (χ1v) is 9.02. The molecule has 3 rings (SSSR count). The van der Waals surface area contributed by atoms with E-state index in [-0.39, 0.29) is 11.0 Å². The van der Waals surface area contributed by atoms with E-state index in [1.165, 1.54) is 12.1 Å². The molecule has 0 aromatic heterocycles. The second kappa shape index (κ2) is 8.22. The quantitative estimate of drug-likeness (QED) is 0.829. The van der Waals surface area contributed by atoms with Crippen LogP contribution in [0.3, 0.4) is 0 Å². The predicted molar refractivity (Wildman–Crippen MR) is 98.5 cm³/mol. The number of alkyl halides is 3. The summed E-state index contributed by atoms with van der Waals surface area (Å²) < 4.78 is 48.7. The van der Waals surface area contributed by atoms with Gasteiger partial charge in [0, 0.05) is 30.7 Å². The molecule has 1 amide bonds. The van der Waals surface area contributed by atoms with Crippen LogP contribution in [-0.4, -0.2) is 32.8 Å². The normalized spacial score (nSPS) is 16.4. The summed E-state index contributed by atoms with van der Waals surface area (Å²) in [6, 6.07) is 12.0. The first kappa shape index (κ1) is 20.2. The van der Waals surface area contributed by atoms with Gasteiger partial charge in [0.15, 0.2) is 0 Å². The number of benzene rings is 2. The van der Waals surface area contributed by atoms with Gasteiger partial charge in [-0.2, -0.15) is 13.2 Å². The molecule has 150 valence electrons. The second-order valence-corrected chi connectivity index (χ2v) is 6.88. The van der Waals surface area contributed by atoms with Gasteiger partial charge in [0.05, 0.1) is 12.7 Å². The number of hydrogen-bond acceptors (Lipinski definition) is 3. The van der Waals surface area contributed by atoms with Crippen molar-refractivity contribution in [2.24, 2.45) is 0 Å². The van der Waals surface area contributed by atoms with Gasteiger partial charge in [0.2, 0.25) is 0 Å². The van der Waals surface area contributed by atoms with E-state index in [4.69, 9.17) is 9.47 Å². The van der Waals surface area contributed by atoms with E-state index >= 15 is 0 Å². The molecule has 1 saturated heterocycles. The Labute approximate surface area is 161 Å². The monoisotopic (exact) mass is 393 g/mol. The lowest BCUT2D eigenvalue weighted by Gasteiger charge is -2.38. The number of rotatable bonds is 5. The summed E-state index contributed by atoms with van der Waals surface area (Å²) in [5.41, 5.74) is 0.212. The summed E-state index contributed by atoms with van der Waals surface area (Å²) >= 11 is 0. The fourth-order valence-corrected chi connectivity index (χ4v) is 3.44. The number of amides is 1. The first-order chi connectivity index (χ1) is 13.3. The molecule has 1 aliphatic rings. The van der Waals surface area contributed by atoms with Crippen LogP contribution < -0.4 is 10.1 Å². The third-order valence-electron chi connectivity index (χ3n) is 5.21. The summed E-state index contributed by atoms with van der Waals surface area (Å²) in [5, 5.41) is 2.89. The van der Waals surface area contributed by atoms with Crippen molar-refractivity contribution in [3.63, 3.8) is 0 Å². The number of methoxy groups -OCH3 is 1. The molecule has 4 nitrogen and oxygen atoms in total. The lowest BCUT2D eigenvalue weighted by molar-refractivity contribution is -0.137. The van der Waals surface area contributed by atoms with Gasteiger partial charge >= 0.3 is 6.18 Å². The zero-order valence-electron chi connectivity index (χ0n) is 15.5. The SMILES string of the molecule is COc1ccc(C2(CNC(=O)c3ccc(C(F)(F)F)cc3)CCOCC2)cc1. The number of carbonyl (C=O) groups is 1. The minimum atomic E-state index is -4.42. The third-order valence-corrected chi connectivity index (χ3v) is 5.21. The topological polar surface area (TPSA) is 47.6 Å². The summed E-state index contributed by atoms with van der Waals surface area (Å²) in [7, 11) is 1.60. The smallest absolute Gasteiger partial charge is 0.416 e. The van der Waals surface area contributed by atoms with Crippen LogP contribution in [0.15, 0.2) is 48.5 Å². The lowest BCUT2D eigenvalue weighted by atomic mass is 9.74. The molecule has 1 aliphatic heterocycles. The van der Waals surface area contributed by atoms with Crippen molar-refractivity contribution in [3.8, 4) is 5.75 Å². The van der Waals surface area contributed by atoms with E-state index in [9.17, 15) is 18.0 Å². The molecule has 0 unspecified atom stereocenters. The van der Waals surface area contributed by atoms with Crippen LogP contribution in [0.4, 0.5) is 13.2 Å². The van der Waals surface area contributed by atoms with Crippen molar-refractivity contribution in [1.82, 2.24) is 5.32 Å². The van der Waals surface area contributed by atoms with Crippen LogP contribution in [0, 0.1) is 0 Å². The van der Waals surface area contributed by atoms with Gasteiger partial charge in [0.1, 0.15) is 5.75 Å². The number of halogens is 3. The average Bonchev–Trinajstić information content (AvgIpc) is 2.72. The van der Waals surface area contributed by atoms with Crippen LogP contribution >= 0.6 is 0 Å². The van der Waals surface area contributed by atoms with E-state index in [0.29, 0.717) is 19.8 Å². The summed E-state index contributed by atoms with van der Waals surface area (Å²) in [5.74, 6) is 0.354. The van der Waals surface area contributed by atoms with Gasteiger partial charge in [-0.1, -0.05) is 12.1 Å². The van der Waals surface area contributed by atoms with Gasteiger partial charge in [0.25, 0.3) is 5.91 Å². The van der Waals surface area contributed by atoms with Crippen LogP contribution in [0.25, 0.3) is 0 Å². The van der Waals surface area contributed by atoms with Crippen molar-refractivity contribution in [1.29, 1.82) is 0 Å². The Morgan fingerprint density at radius 3 is 2.21 bits per heavy atom. The Balaban J connectivity index is 1.73. The number of hydrogen-bond donors (Lipinski definition) is 1. The van der Waals surface area contributed by atoms with Crippen LogP contribution in [0.1, 0.15) is 34.3 Å². The van der Waals surface area contributed by atoms with Gasteiger partial charge in [-0.05, 0) is 54.8 Å². The summed E-state index contributed by atoms with van der Waals surface area (Å²) in [4.78, 5) is 12.5. The Morgan fingerprint density at radius 1 is 1.07 bits per heavy atom. The minimum absolute atomic E-state index is 0.199. The predicted octanol–water partition coefficient (Wildman–Crippen LogP) is 4.19. The first-order valence-electron chi connectivity index (χ1n) is 9.02. The lowest BCUT2D eigenvalue weighted by Crippen LogP contribution is -2.44. The van der Waals surface area contributed by atoms with E-state index in [2.05, 4.69) is 5.32 Å². The highest BCUT2D eigenvalue weighted by molar-refractivity contribution is 5.94. The molecule has 0 saturated carbocycles. The minimum Gasteiger partial charge on any atom is -0.497 e. The zero-order valence-corrected chi connectivity index (χ0v) is 15.5. The standard InChI is InChI=1S/C21H22F3NO3/c1-27-18-8-6-16(7-9-18)20(10-12-28-13-11-20)14-25-19(26)15-2-4-17(5-3-15)21(22,23)24/h2-9H,10-14H2,1H3,(H,25,26). The van der Waals surface area contributed by atoms with Crippen molar-refractivity contribution in [2.75, 3.05) is 26.9 Å². The van der Waals surface area contributed by atoms with Crippen molar-refractivity contribution in [2.45, 2.75) is 24.4 Å².